The maximum Gasteiger partial charge on any atom is 0.191 e. The number of para-hydroxylation sites is 1. The lowest BCUT2D eigenvalue weighted by atomic mass is 10.1. The smallest absolute Gasteiger partial charge is 0.191 e. The summed E-state index contributed by atoms with van der Waals surface area (Å²) >= 11 is 0. The summed E-state index contributed by atoms with van der Waals surface area (Å²) in [6.07, 6.45) is 1.08. The van der Waals surface area contributed by atoms with Crippen molar-refractivity contribution in [3.8, 4) is 5.75 Å². The Morgan fingerprint density at radius 3 is 2.61 bits per heavy atom. The van der Waals surface area contributed by atoms with Gasteiger partial charge in [-0.2, -0.15) is 0 Å². The first-order valence-electron chi connectivity index (χ1n) is 10.5. The molecule has 0 amide bonds. The molecule has 3 N–H and O–H groups in total. The Morgan fingerprint density at radius 2 is 1.94 bits per heavy atom. The third-order valence-electron chi connectivity index (χ3n) is 5.22. The number of hydrogen-bond donors (Lipinski definition) is 3. The number of aliphatic imine (C=N–C) groups is 1. The third-order valence-corrected chi connectivity index (χ3v) is 5.22. The van der Waals surface area contributed by atoms with E-state index in [1.54, 1.807) is 13.2 Å². The number of piperidine rings is 1. The van der Waals surface area contributed by atoms with Crippen molar-refractivity contribution < 1.29 is 14.2 Å². The number of methoxy groups -OCH3 is 1. The first-order chi connectivity index (χ1) is 14.6. The van der Waals surface area contributed by atoms with Crippen LogP contribution in [0.1, 0.15) is 30.9 Å². The molecular formula is C23H32FIN4O2. The van der Waals surface area contributed by atoms with Crippen molar-refractivity contribution in [2.45, 2.75) is 39.0 Å². The van der Waals surface area contributed by atoms with Gasteiger partial charge in [0.1, 0.15) is 11.6 Å². The van der Waals surface area contributed by atoms with Gasteiger partial charge in [0, 0.05) is 31.7 Å². The molecule has 1 saturated heterocycles. The first-order valence-corrected chi connectivity index (χ1v) is 10.5. The van der Waals surface area contributed by atoms with Crippen LogP contribution < -0.4 is 20.3 Å². The summed E-state index contributed by atoms with van der Waals surface area (Å²) in [7, 11) is 1.66. The van der Waals surface area contributed by atoms with E-state index in [2.05, 4.69) is 15.6 Å². The molecule has 2 aromatic rings. The maximum absolute atomic E-state index is 14.7. The van der Waals surface area contributed by atoms with E-state index in [-0.39, 0.29) is 35.9 Å². The fourth-order valence-corrected chi connectivity index (χ4v) is 3.55. The van der Waals surface area contributed by atoms with Crippen molar-refractivity contribution in [2.24, 2.45) is 4.99 Å². The average Bonchev–Trinajstić information content (AvgIpc) is 2.76. The quantitative estimate of drug-likeness (QED) is 0.283. The number of nitrogens with zero attached hydrogens (tertiary/aromatic N) is 2. The van der Waals surface area contributed by atoms with Gasteiger partial charge in [0.2, 0.25) is 0 Å². The Hall–Kier alpha value is -2.07. The van der Waals surface area contributed by atoms with E-state index in [0.717, 1.165) is 23.4 Å². The van der Waals surface area contributed by atoms with Crippen LogP contribution >= 0.6 is 24.0 Å². The number of nitrogens with one attached hydrogen (secondary N) is 2. The lowest BCUT2D eigenvalue weighted by Crippen LogP contribution is -2.37. The molecule has 1 fully saturated rings. The van der Waals surface area contributed by atoms with Crippen molar-refractivity contribution in [1.82, 2.24) is 10.6 Å². The summed E-state index contributed by atoms with van der Waals surface area (Å²) in [6.45, 7) is 5.03. The largest absolute Gasteiger partial charge is 0.496 e. The fraction of sp³-hybridized carbons (Fsp3) is 0.435. The van der Waals surface area contributed by atoms with Crippen molar-refractivity contribution in [3.05, 3.63) is 59.4 Å². The molecule has 0 atom stereocenters. The second kappa shape index (κ2) is 12.7. The number of aliphatic hydroxyl groups is 1. The molecule has 0 unspecified atom stereocenters. The Labute approximate surface area is 200 Å². The number of ether oxygens (including phenoxy) is 1. The number of benzene rings is 2. The molecule has 0 bridgehead atoms. The van der Waals surface area contributed by atoms with Crippen LogP contribution in [-0.2, 0) is 13.1 Å². The lowest BCUT2D eigenvalue weighted by molar-refractivity contribution is 0.145. The standard InChI is InChI=1S/C23H31FN4O2.HI/c1-3-25-23(27-16-18-6-4-5-7-22(18)30-2)26-15-17-8-9-21(20(24)14-17)28-12-10-19(29)11-13-28;/h4-9,14,19,29H,3,10-13,15-16H2,1-2H3,(H2,25,26,27);1H. The SMILES string of the molecule is CCNC(=NCc1ccc(N2CCC(O)CC2)c(F)c1)NCc1ccccc1OC.I. The molecule has 170 valence electrons. The van der Waals surface area contributed by atoms with E-state index in [4.69, 9.17) is 4.74 Å². The molecule has 0 aromatic heterocycles. The Bertz CT molecular complexity index is 857. The number of rotatable bonds is 7. The number of anilines is 1. The summed E-state index contributed by atoms with van der Waals surface area (Å²) in [4.78, 5) is 6.58. The highest BCUT2D eigenvalue weighted by atomic mass is 127. The second-order valence-corrected chi connectivity index (χ2v) is 7.36. The van der Waals surface area contributed by atoms with Crippen LogP contribution in [0.25, 0.3) is 0 Å². The second-order valence-electron chi connectivity index (χ2n) is 7.36. The van der Waals surface area contributed by atoms with Gasteiger partial charge in [0.05, 0.1) is 25.4 Å². The molecule has 0 spiro atoms. The van der Waals surface area contributed by atoms with Crippen LogP contribution in [0.3, 0.4) is 0 Å². The van der Waals surface area contributed by atoms with E-state index in [1.165, 1.54) is 0 Å². The molecule has 1 aliphatic heterocycles. The molecule has 31 heavy (non-hydrogen) atoms. The van der Waals surface area contributed by atoms with Crippen molar-refractivity contribution in [2.75, 3.05) is 31.6 Å². The minimum atomic E-state index is -0.272. The van der Waals surface area contributed by atoms with Gasteiger partial charge in [0.25, 0.3) is 0 Å². The summed E-state index contributed by atoms with van der Waals surface area (Å²) in [5, 5.41) is 16.2. The van der Waals surface area contributed by atoms with E-state index in [1.807, 2.05) is 48.2 Å². The molecule has 8 heteroatoms. The Kier molecular flexibility index (Phi) is 10.3. The van der Waals surface area contributed by atoms with Gasteiger partial charge in [0.15, 0.2) is 5.96 Å². The molecule has 6 nitrogen and oxygen atoms in total. The lowest BCUT2D eigenvalue weighted by Gasteiger charge is -2.31. The van der Waals surface area contributed by atoms with E-state index in [9.17, 15) is 9.50 Å². The predicted molar refractivity (Wildman–Crippen MR) is 134 cm³/mol. The zero-order valence-corrected chi connectivity index (χ0v) is 20.4. The summed E-state index contributed by atoms with van der Waals surface area (Å²) < 4.78 is 20.0. The number of aliphatic hydroxyl groups excluding tert-OH is 1. The molecule has 0 aliphatic carbocycles. The number of hydrogen-bond acceptors (Lipinski definition) is 4. The topological polar surface area (TPSA) is 69.1 Å². The van der Waals surface area contributed by atoms with Gasteiger partial charge in [-0.3, -0.25) is 0 Å². The minimum Gasteiger partial charge on any atom is -0.496 e. The van der Waals surface area contributed by atoms with Crippen LogP contribution in [-0.4, -0.2) is 43.9 Å². The van der Waals surface area contributed by atoms with Crippen LogP contribution in [0.2, 0.25) is 0 Å². The van der Waals surface area contributed by atoms with Gasteiger partial charge >= 0.3 is 0 Å². The normalized spacial score (nSPS) is 14.7. The zero-order valence-electron chi connectivity index (χ0n) is 18.1. The minimum absolute atomic E-state index is 0. The van der Waals surface area contributed by atoms with Crippen molar-refractivity contribution >= 4 is 35.6 Å². The molecule has 0 radical (unpaired) electrons. The molecule has 2 aromatic carbocycles. The van der Waals surface area contributed by atoms with Crippen LogP contribution in [0.5, 0.6) is 5.75 Å². The molecule has 3 rings (SSSR count). The van der Waals surface area contributed by atoms with Gasteiger partial charge in [-0.05, 0) is 43.5 Å². The summed E-state index contributed by atoms with van der Waals surface area (Å²) in [6, 6.07) is 13.1. The first kappa shape index (κ1) is 25.2. The van der Waals surface area contributed by atoms with Crippen LogP contribution in [0, 0.1) is 5.82 Å². The number of guanidine groups is 1. The van der Waals surface area contributed by atoms with Crippen LogP contribution in [0.4, 0.5) is 10.1 Å². The number of halogens is 2. The van der Waals surface area contributed by atoms with Gasteiger partial charge < -0.3 is 25.4 Å². The van der Waals surface area contributed by atoms with E-state index >= 15 is 0 Å². The third kappa shape index (κ3) is 7.24. The highest BCUT2D eigenvalue weighted by Crippen LogP contribution is 2.24. The van der Waals surface area contributed by atoms with E-state index in [0.29, 0.717) is 50.7 Å². The fourth-order valence-electron chi connectivity index (χ4n) is 3.55. The summed E-state index contributed by atoms with van der Waals surface area (Å²) in [5.41, 5.74) is 2.44. The average molecular weight is 542 g/mol. The summed E-state index contributed by atoms with van der Waals surface area (Å²) in [5.74, 6) is 1.24. The molecule has 1 aliphatic rings. The predicted octanol–water partition coefficient (Wildman–Crippen LogP) is 3.67. The van der Waals surface area contributed by atoms with Crippen molar-refractivity contribution in [1.29, 1.82) is 0 Å². The monoisotopic (exact) mass is 542 g/mol. The molecule has 0 saturated carbocycles. The molecule has 1 heterocycles. The van der Waals surface area contributed by atoms with E-state index < -0.39 is 0 Å². The van der Waals surface area contributed by atoms with Gasteiger partial charge in [-0.1, -0.05) is 24.3 Å². The highest BCUT2D eigenvalue weighted by molar-refractivity contribution is 14.0. The zero-order chi connectivity index (χ0) is 21.3. The van der Waals surface area contributed by atoms with Crippen molar-refractivity contribution in [3.63, 3.8) is 0 Å². The highest BCUT2D eigenvalue weighted by Gasteiger charge is 2.19. The van der Waals surface area contributed by atoms with Gasteiger partial charge in [-0.25, -0.2) is 9.38 Å². The molecular weight excluding hydrogens is 510 g/mol. The Balaban J connectivity index is 0.00000341. The Morgan fingerprint density at radius 1 is 1.19 bits per heavy atom. The van der Waals surface area contributed by atoms with Crippen LogP contribution in [0.15, 0.2) is 47.5 Å². The van der Waals surface area contributed by atoms with Gasteiger partial charge in [-0.15, -0.1) is 24.0 Å². The maximum atomic E-state index is 14.7.